The van der Waals surface area contributed by atoms with Gasteiger partial charge in [0.05, 0.1) is 0 Å². The first-order valence-corrected chi connectivity index (χ1v) is 6.22. The first kappa shape index (κ1) is 10.7. The van der Waals surface area contributed by atoms with Crippen LogP contribution in [0.1, 0.15) is 12.8 Å². The summed E-state index contributed by atoms with van der Waals surface area (Å²) in [5, 5.41) is 3.37. The zero-order valence-electron chi connectivity index (χ0n) is 8.55. The van der Waals surface area contributed by atoms with Crippen molar-refractivity contribution in [1.29, 1.82) is 0 Å². The van der Waals surface area contributed by atoms with Gasteiger partial charge in [-0.05, 0) is 19.1 Å². The molecule has 0 aromatic rings. The van der Waals surface area contributed by atoms with Crippen LogP contribution in [-0.4, -0.2) is 49.6 Å². The molecule has 1 aliphatic rings. The van der Waals surface area contributed by atoms with Crippen LogP contribution in [-0.2, 0) is 0 Å². The minimum atomic E-state index is 1.02. The van der Waals surface area contributed by atoms with Crippen molar-refractivity contribution in [2.45, 2.75) is 12.8 Å². The van der Waals surface area contributed by atoms with E-state index in [0.717, 1.165) is 18.3 Å². The largest absolute Gasteiger partial charge is 0.355 e. The van der Waals surface area contributed by atoms with Gasteiger partial charge in [0.25, 0.3) is 0 Å². The predicted molar refractivity (Wildman–Crippen MR) is 60.6 cm³/mol. The van der Waals surface area contributed by atoms with E-state index in [-0.39, 0.29) is 0 Å². The van der Waals surface area contributed by atoms with Gasteiger partial charge in [-0.15, -0.1) is 0 Å². The lowest BCUT2D eigenvalue weighted by Gasteiger charge is -2.20. The van der Waals surface area contributed by atoms with Crippen molar-refractivity contribution < 1.29 is 0 Å². The topological polar surface area (TPSA) is 27.6 Å². The molecule has 0 aromatic carbocycles. The van der Waals surface area contributed by atoms with Gasteiger partial charge in [0.2, 0.25) is 0 Å². The number of nitrogens with zero attached hydrogens (tertiary/aromatic N) is 2. The van der Waals surface area contributed by atoms with E-state index in [2.05, 4.69) is 21.5 Å². The van der Waals surface area contributed by atoms with Crippen molar-refractivity contribution in [2.75, 3.05) is 38.7 Å². The van der Waals surface area contributed by atoms with Crippen molar-refractivity contribution in [1.82, 2.24) is 10.2 Å². The van der Waals surface area contributed by atoms with Gasteiger partial charge in [0.15, 0.2) is 5.96 Å². The fraction of sp³-hybridized carbons (Fsp3) is 0.889. The van der Waals surface area contributed by atoms with Gasteiger partial charge < -0.3 is 10.2 Å². The molecule has 0 aromatic heterocycles. The van der Waals surface area contributed by atoms with E-state index in [1.54, 1.807) is 0 Å². The summed E-state index contributed by atoms with van der Waals surface area (Å²) in [4.78, 5) is 6.60. The van der Waals surface area contributed by atoms with Gasteiger partial charge in [-0.2, -0.15) is 11.8 Å². The summed E-state index contributed by atoms with van der Waals surface area (Å²) in [6.07, 6.45) is 4.74. The van der Waals surface area contributed by atoms with Crippen LogP contribution in [0.5, 0.6) is 0 Å². The third-order valence-electron chi connectivity index (χ3n) is 2.21. The summed E-state index contributed by atoms with van der Waals surface area (Å²) in [6.45, 7) is 3.35. The van der Waals surface area contributed by atoms with Crippen LogP contribution in [0.25, 0.3) is 0 Å². The number of guanidine groups is 1. The Kier molecular flexibility index (Phi) is 5.05. The summed E-state index contributed by atoms with van der Waals surface area (Å²) >= 11 is 1.86. The van der Waals surface area contributed by atoms with E-state index in [0.29, 0.717) is 0 Å². The van der Waals surface area contributed by atoms with E-state index in [4.69, 9.17) is 0 Å². The zero-order chi connectivity index (χ0) is 9.52. The molecule has 1 fully saturated rings. The molecule has 1 N–H and O–H groups in total. The Bertz CT molecular complexity index is 164. The van der Waals surface area contributed by atoms with Gasteiger partial charge >= 0.3 is 0 Å². The zero-order valence-corrected chi connectivity index (χ0v) is 9.36. The van der Waals surface area contributed by atoms with E-state index < -0.39 is 0 Å². The quantitative estimate of drug-likeness (QED) is 0.420. The lowest BCUT2D eigenvalue weighted by atomic mass is 10.4. The van der Waals surface area contributed by atoms with E-state index in [1.165, 1.54) is 25.9 Å². The van der Waals surface area contributed by atoms with Gasteiger partial charge in [-0.25, -0.2) is 0 Å². The molecule has 4 heteroatoms. The lowest BCUT2D eigenvalue weighted by molar-refractivity contribution is 0.496. The molecule has 1 rings (SSSR count). The van der Waals surface area contributed by atoms with Crippen LogP contribution in [0.15, 0.2) is 4.99 Å². The van der Waals surface area contributed by atoms with E-state index in [1.807, 2.05) is 18.8 Å². The van der Waals surface area contributed by atoms with Crippen molar-refractivity contribution in [3.8, 4) is 0 Å². The molecule has 0 bridgehead atoms. The Hall–Kier alpha value is -0.380. The molecule has 0 atom stereocenters. The molecule has 0 aliphatic carbocycles. The van der Waals surface area contributed by atoms with Gasteiger partial charge in [0, 0.05) is 32.4 Å². The van der Waals surface area contributed by atoms with Crippen molar-refractivity contribution in [3.63, 3.8) is 0 Å². The van der Waals surface area contributed by atoms with Crippen LogP contribution >= 0.6 is 11.8 Å². The number of likely N-dealkylation sites (tertiary alicyclic amines) is 1. The Labute approximate surface area is 85.0 Å². The van der Waals surface area contributed by atoms with E-state index >= 15 is 0 Å². The Balaban J connectivity index is 2.26. The third kappa shape index (κ3) is 3.46. The summed E-state index contributed by atoms with van der Waals surface area (Å²) in [5.74, 6) is 2.22. The maximum atomic E-state index is 4.26. The fourth-order valence-corrected chi connectivity index (χ4v) is 1.83. The van der Waals surface area contributed by atoms with Crippen molar-refractivity contribution in [2.24, 2.45) is 4.99 Å². The second-order valence-electron chi connectivity index (χ2n) is 3.16. The second-order valence-corrected chi connectivity index (χ2v) is 4.15. The minimum absolute atomic E-state index is 1.02. The van der Waals surface area contributed by atoms with Gasteiger partial charge in [0.1, 0.15) is 0 Å². The molecule has 0 radical (unpaired) electrons. The molecule has 76 valence electrons. The van der Waals surface area contributed by atoms with Gasteiger partial charge in [-0.1, -0.05) is 0 Å². The predicted octanol–water partition coefficient (Wildman–Crippen LogP) is 1.02. The van der Waals surface area contributed by atoms with Crippen LogP contribution in [0, 0.1) is 0 Å². The summed E-state index contributed by atoms with van der Waals surface area (Å²) in [5.41, 5.74) is 0. The van der Waals surface area contributed by atoms with Crippen molar-refractivity contribution in [3.05, 3.63) is 0 Å². The molecule has 0 amide bonds. The first-order valence-electron chi connectivity index (χ1n) is 4.83. The van der Waals surface area contributed by atoms with Gasteiger partial charge in [-0.3, -0.25) is 4.99 Å². The second kappa shape index (κ2) is 6.13. The normalized spacial score (nSPS) is 18.0. The highest BCUT2D eigenvalue weighted by Gasteiger charge is 2.14. The number of aliphatic imine (C=N–C) groups is 1. The highest BCUT2D eigenvalue weighted by atomic mass is 32.2. The molecule has 1 heterocycles. The highest BCUT2D eigenvalue weighted by molar-refractivity contribution is 7.98. The number of thioether (sulfide) groups is 1. The lowest BCUT2D eigenvalue weighted by Crippen LogP contribution is -2.40. The molecule has 0 spiro atoms. The van der Waals surface area contributed by atoms with Crippen LogP contribution in [0.4, 0.5) is 0 Å². The Morgan fingerprint density at radius 1 is 1.46 bits per heavy atom. The standard InChI is InChI=1S/C9H19N3S/c1-10-9(11-5-8-13-2)12-6-3-4-7-12/h3-8H2,1-2H3,(H,10,11). The molecule has 0 unspecified atom stereocenters. The monoisotopic (exact) mass is 201 g/mol. The summed E-state index contributed by atoms with van der Waals surface area (Å²) in [6, 6.07) is 0. The van der Waals surface area contributed by atoms with Crippen LogP contribution < -0.4 is 5.32 Å². The summed E-state index contributed by atoms with van der Waals surface area (Å²) in [7, 11) is 1.86. The first-order chi connectivity index (χ1) is 6.38. The van der Waals surface area contributed by atoms with Crippen LogP contribution in [0.3, 0.4) is 0 Å². The van der Waals surface area contributed by atoms with Crippen molar-refractivity contribution >= 4 is 17.7 Å². The number of rotatable bonds is 3. The van der Waals surface area contributed by atoms with Crippen LogP contribution in [0.2, 0.25) is 0 Å². The average Bonchev–Trinajstić information content (AvgIpc) is 2.65. The SMILES string of the molecule is CN=C(NCCSC)N1CCCC1. The smallest absolute Gasteiger partial charge is 0.193 e. The Morgan fingerprint density at radius 3 is 2.69 bits per heavy atom. The Morgan fingerprint density at radius 2 is 2.15 bits per heavy atom. The minimum Gasteiger partial charge on any atom is -0.355 e. The molecular weight excluding hydrogens is 182 g/mol. The average molecular weight is 201 g/mol. The summed E-state index contributed by atoms with van der Waals surface area (Å²) < 4.78 is 0. The molecular formula is C9H19N3S. The molecule has 13 heavy (non-hydrogen) atoms. The fourth-order valence-electron chi connectivity index (χ4n) is 1.53. The molecule has 0 saturated carbocycles. The molecule has 1 aliphatic heterocycles. The third-order valence-corrected chi connectivity index (χ3v) is 2.82. The molecule has 3 nitrogen and oxygen atoms in total. The number of nitrogens with one attached hydrogen (secondary N) is 1. The maximum absolute atomic E-state index is 4.26. The number of hydrogen-bond acceptors (Lipinski definition) is 2. The highest BCUT2D eigenvalue weighted by Crippen LogP contribution is 2.06. The maximum Gasteiger partial charge on any atom is 0.193 e. The van der Waals surface area contributed by atoms with E-state index in [9.17, 15) is 0 Å². The number of hydrogen-bond donors (Lipinski definition) is 1. The molecule has 1 saturated heterocycles.